The average Bonchev–Trinajstić information content (AvgIpc) is 3.80. The van der Waals surface area contributed by atoms with Crippen molar-refractivity contribution in [2.75, 3.05) is 7.11 Å². The molecule has 0 saturated heterocycles. The molecule has 1 amide bonds. The van der Waals surface area contributed by atoms with Crippen molar-refractivity contribution in [2.24, 2.45) is 5.73 Å². The average molecular weight is 690 g/mol. The summed E-state index contributed by atoms with van der Waals surface area (Å²) in [6, 6.07) is 24.0. The monoisotopic (exact) mass is 689 g/mol. The van der Waals surface area contributed by atoms with E-state index in [1.54, 1.807) is 21.0 Å². The topological polar surface area (TPSA) is 164 Å². The standard InChI is InChI=1S/C34H37N7O2.C2HF3O2/c1-34(2,35)33(42)38-30(18-24-20-37-29-11-7-5-9-27(24)29)32-40-39-31(41(32)21-22-12-15-25(43-3)16-13-22)17-14-23-19-36-28-10-6-4-8-26(23)28;3-2(4,5)1(6)7/h4-13,15-16,19-20,30,36-37H,14,17-18,21,35H2,1-3H3,(H,38,42);(H,6,7)/t30-;/m1./s1. The van der Waals surface area contributed by atoms with Gasteiger partial charge in [0, 0.05) is 47.0 Å². The van der Waals surface area contributed by atoms with Gasteiger partial charge in [-0.15, -0.1) is 10.2 Å². The summed E-state index contributed by atoms with van der Waals surface area (Å²) in [5.41, 5.74) is 10.7. The number of methoxy groups -OCH3 is 1. The number of alkyl halides is 3. The number of carboxylic acid groups (broad SMARTS) is 1. The van der Waals surface area contributed by atoms with Crippen molar-refractivity contribution >= 4 is 33.7 Å². The fraction of sp³-hybridized carbons (Fsp3) is 0.278. The lowest BCUT2D eigenvalue weighted by atomic mass is 10.0. The molecule has 3 aromatic heterocycles. The maximum atomic E-state index is 13.3. The molecule has 50 heavy (non-hydrogen) atoms. The Morgan fingerprint density at radius 2 is 1.46 bits per heavy atom. The quantitative estimate of drug-likeness (QED) is 0.114. The third-order valence-corrected chi connectivity index (χ3v) is 8.19. The Morgan fingerprint density at radius 1 is 0.900 bits per heavy atom. The van der Waals surface area contributed by atoms with Gasteiger partial charge in [-0.2, -0.15) is 13.2 Å². The van der Waals surface area contributed by atoms with Crippen molar-refractivity contribution in [2.45, 2.75) is 57.4 Å². The van der Waals surface area contributed by atoms with Gasteiger partial charge in [-0.05, 0) is 61.2 Å². The number of aromatic amines is 2. The molecule has 0 aliphatic heterocycles. The number of hydrogen-bond acceptors (Lipinski definition) is 6. The van der Waals surface area contributed by atoms with Crippen molar-refractivity contribution in [1.29, 1.82) is 0 Å². The number of benzene rings is 3. The number of aliphatic carboxylic acids is 1. The minimum absolute atomic E-state index is 0.253. The van der Waals surface area contributed by atoms with Crippen LogP contribution in [0, 0.1) is 0 Å². The Labute approximate surface area is 285 Å². The lowest BCUT2D eigenvalue weighted by Crippen LogP contribution is -2.50. The number of aryl methyl sites for hydroxylation is 2. The predicted octanol–water partition coefficient (Wildman–Crippen LogP) is 5.85. The van der Waals surface area contributed by atoms with E-state index in [2.05, 4.69) is 50.3 Å². The third kappa shape index (κ3) is 8.50. The molecule has 6 N–H and O–H groups in total. The van der Waals surface area contributed by atoms with Gasteiger partial charge in [0.2, 0.25) is 5.91 Å². The van der Waals surface area contributed by atoms with Crippen molar-refractivity contribution in [3.05, 3.63) is 114 Å². The molecule has 0 aliphatic rings. The van der Waals surface area contributed by atoms with Crippen LogP contribution in [0.5, 0.6) is 5.75 Å². The van der Waals surface area contributed by atoms with Crippen LogP contribution in [0.1, 0.15) is 48.2 Å². The number of hydrogen-bond donors (Lipinski definition) is 5. The van der Waals surface area contributed by atoms with E-state index in [9.17, 15) is 18.0 Å². The normalized spacial score (nSPS) is 12.4. The number of nitrogens with one attached hydrogen (secondary N) is 3. The van der Waals surface area contributed by atoms with Crippen LogP contribution in [0.25, 0.3) is 21.8 Å². The number of H-pyrrole nitrogens is 2. The first-order chi connectivity index (χ1) is 23.7. The van der Waals surface area contributed by atoms with Crippen molar-refractivity contribution in [3.8, 4) is 5.75 Å². The molecule has 262 valence electrons. The molecule has 0 bridgehead atoms. The second-order valence-corrected chi connectivity index (χ2v) is 12.4. The number of carbonyl (C=O) groups excluding carboxylic acids is 1. The number of ether oxygens (including phenoxy) is 1. The number of amides is 1. The molecule has 14 heteroatoms. The summed E-state index contributed by atoms with van der Waals surface area (Å²) in [7, 11) is 1.66. The highest BCUT2D eigenvalue weighted by atomic mass is 19.4. The smallest absolute Gasteiger partial charge is 0.490 e. The Kier molecular flexibility index (Phi) is 10.6. The SMILES string of the molecule is COc1ccc(Cn2c(CCc3c[nH]c4ccccc34)nnc2[C@@H](Cc2c[nH]c3ccccc23)NC(=O)C(C)(C)N)cc1.O=C(O)C(F)(F)F. The zero-order valence-electron chi connectivity index (χ0n) is 27.7. The lowest BCUT2D eigenvalue weighted by molar-refractivity contribution is -0.192. The number of rotatable bonds is 11. The molecule has 1 atom stereocenters. The van der Waals surface area contributed by atoms with Gasteiger partial charge in [-0.25, -0.2) is 4.79 Å². The number of carboxylic acids is 1. The summed E-state index contributed by atoms with van der Waals surface area (Å²) in [5, 5.41) is 22.1. The highest BCUT2D eigenvalue weighted by Crippen LogP contribution is 2.27. The number of para-hydroxylation sites is 2. The molecule has 3 heterocycles. The number of fused-ring (bicyclic) bond motifs is 2. The summed E-state index contributed by atoms with van der Waals surface area (Å²) in [6.45, 7) is 3.96. The van der Waals surface area contributed by atoms with Crippen LogP contribution in [-0.4, -0.2) is 60.5 Å². The largest absolute Gasteiger partial charge is 0.497 e. The molecule has 0 spiro atoms. The summed E-state index contributed by atoms with van der Waals surface area (Å²) in [5.74, 6) is -0.681. The molecule has 0 fully saturated rings. The Balaban J connectivity index is 0.000000630. The maximum absolute atomic E-state index is 13.3. The molecule has 6 rings (SSSR count). The van der Waals surface area contributed by atoms with Crippen LogP contribution in [0.2, 0.25) is 0 Å². The molecule has 0 unspecified atom stereocenters. The van der Waals surface area contributed by atoms with Crippen molar-refractivity contribution in [1.82, 2.24) is 30.0 Å². The first-order valence-electron chi connectivity index (χ1n) is 15.8. The highest BCUT2D eigenvalue weighted by molar-refractivity contribution is 5.86. The van der Waals surface area contributed by atoms with Crippen LogP contribution >= 0.6 is 0 Å². The molecule has 0 radical (unpaired) electrons. The minimum Gasteiger partial charge on any atom is -0.497 e. The molecule has 0 aliphatic carbocycles. The van der Waals surface area contributed by atoms with E-state index in [0.717, 1.165) is 45.5 Å². The van der Waals surface area contributed by atoms with E-state index in [1.807, 2.05) is 54.7 Å². The summed E-state index contributed by atoms with van der Waals surface area (Å²) in [6.07, 6.45) is 0.981. The van der Waals surface area contributed by atoms with Crippen LogP contribution < -0.4 is 15.8 Å². The second kappa shape index (κ2) is 14.9. The van der Waals surface area contributed by atoms with Crippen molar-refractivity contribution in [3.63, 3.8) is 0 Å². The van der Waals surface area contributed by atoms with Crippen LogP contribution in [-0.2, 0) is 35.4 Å². The molecule has 0 saturated carbocycles. The minimum atomic E-state index is -5.08. The van der Waals surface area contributed by atoms with Gasteiger partial charge in [0.15, 0.2) is 5.82 Å². The summed E-state index contributed by atoms with van der Waals surface area (Å²) < 4.78 is 39.3. The van der Waals surface area contributed by atoms with E-state index in [0.29, 0.717) is 25.2 Å². The van der Waals surface area contributed by atoms with Crippen LogP contribution in [0.3, 0.4) is 0 Å². The number of carbonyl (C=O) groups is 2. The maximum Gasteiger partial charge on any atom is 0.490 e. The van der Waals surface area contributed by atoms with Crippen molar-refractivity contribution < 1.29 is 32.6 Å². The lowest BCUT2D eigenvalue weighted by Gasteiger charge is -2.25. The third-order valence-electron chi connectivity index (χ3n) is 8.19. The Hall–Kier alpha value is -5.63. The fourth-order valence-electron chi connectivity index (χ4n) is 5.53. The first kappa shape index (κ1) is 35.7. The van der Waals surface area contributed by atoms with Gasteiger partial charge in [-0.1, -0.05) is 48.5 Å². The van der Waals surface area contributed by atoms with E-state index in [4.69, 9.17) is 30.6 Å². The van der Waals surface area contributed by atoms with E-state index < -0.39 is 23.7 Å². The molecule has 6 aromatic rings. The van der Waals surface area contributed by atoms with Gasteiger partial charge in [0.25, 0.3) is 0 Å². The van der Waals surface area contributed by atoms with Crippen LogP contribution in [0.15, 0.2) is 85.2 Å². The zero-order valence-corrected chi connectivity index (χ0v) is 27.7. The fourth-order valence-corrected chi connectivity index (χ4v) is 5.53. The molecule has 3 aromatic carbocycles. The Morgan fingerprint density at radius 3 is 2.02 bits per heavy atom. The highest BCUT2D eigenvalue weighted by Gasteiger charge is 2.38. The van der Waals surface area contributed by atoms with E-state index in [1.165, 1.54) is 10.9 Å². The van der Waals surface area contributed by atoms with Gasteiger partial charge < -0.3 is 35.4 Å². The molecule has 11 nitrogen and oxygen atoms in total. The van der Waals surface area contributed by atoms with Crippen LogP contribution in [0.4, 0.5) is 13.2 Å². The molecular weight excluding hydrogens is 651 g/mol. The Bertz CT molecular complexity index is 2080. The van der Waals surface area contributed by atoms with Gasteiger partial charge >= 0.3 is 12.1 Å². The first-order valence-corrected chi connectivity index (χ1v) is 15.8. The summed E-state index contributed by atoms with van der Waals surface area (Å²) in [4.78, 5) is 28.9. The number of halogens is 3. The van der Waals surface area contributed by atoms with E-state index >= 15 is 0 Å². The predicted molar refractivity (Wildman–Crippen MR) is 183 cm³/mol. The number of nitrogens with zero attached hydrogens (tertiary/aromatic N) is 3. The zero-order chi connectivity index (χ0) is 36.1. The van der Waals surface area contributed by atoms with Gasteiger partial charge in [0.05, 0.1) is 25.2 Å². The van der Waals surface area contributed by atoms with Gasteiger partial charge in [-0.3, -0.25) is 4.79 Å². The van der Waals surface area contributed by atoms with Gasteiger partial charge in [0.1, 0.15) is 11.6 Å². The second-order valence-electron chi connectivity index (χ2n) is 12.4. The number of nitrogens with two attached hydrogens (primary N) is 1. The summed E-state index contributed by atoms with van der Waals surface area (Å²) >= 11 is 0. The van der Waals surface area contributed by atoms with E-state index in [-0.39, 0.29) is 5.91 Å². The molecular formula is C36H38F3N7O4. The number of aromatic nitrogens is 5.